The van der Waals surface area contributed by atoms with E-state index in [0.29, 0.717) is 18.5 Å². The molecule has 0 bridgehead atoms. The number of anilines is 1. The number of nitro benzene ring substituents is 1. The number of nitrogens with zero attached hydrogens (tertiary/aromatic N) is 2. The average molecular weight is 417 g/mol. The van der Waals surface area contributed by atoms with Crippen LogP contribution in [-0.4, -0.2) is 36.6 Å². The van der Waals surface area contributed by atoms with E-state index >= 15 is 0 Å². The molecule has 1 saturated heterocycles. The van der Waals surface area contributed by atoms with Crippen LogP contribution in [0.5, 0.6) is 0 Å². The number of sulfonamides is 1. The summed E-state index contributed by atoms with van der Waals surface area (Å²) in [6.45, 7) is 2.44. The molecule has 1 heterocycles. The molecule has 0 aromatic heterocycles. The van der Waals surface area contributed by atoms with Crippen molar-refractivity contribution in [3.8, 4) is 0 Å². The summed E-state index contributed by atoms with van der Waals surface area (Å²) in [6.07, 6.45) is 0.821. The van der Waals surface area contributed by atoms with E-state index in [1.807, 2.05) is 31.2 Å². The van der Waals surface area contributed by atoms with Crippen LogP contribution in [0.25, 0.3) is 0 Å². The number of piperidine rings is 1. The lowest BCUT2D eigenvalue weighted by Crippen LogP contribution is -2.41. The van der Waals surface area contributed by atoms with Gasteiger partial charge in [-0.3, -0.25) is 14.9 Å². The SMILES string of the molecule is Cc1ccccc1CS(=O)(=O)N1CCC(C(=O)Nc2cccc([N+](=O)[O-])c2)CC1. The van der Waals surface area contributed by atoms with Gasteiger partial charge in [0, 0.05) is 36.8 Å². The van der Waals surface area contributed by atoms with E-state index in [9.17, 15) is 23.3 Å². The lowest BCUT2D eigenvalue weighted by Gasteiger charge is -2.30. The number of aryl methyl sites for hydroxylation is 1. The summed E-state index contributed by atoms with van der Waals surface area (Å²) in [6, 6.07) is 13.1. The van der Waals surface area contributed by atoms with Crippen molar-refractivity contribution < 1.29 is 18.1 Å². The highest BCUT2D eigenvalue weighted by molar-refractivity contribution is 7.88. The number of hydrogen-bond donors (Lipinski definition) is 1. The third kappa shape index (κ3) is 5.18. The van der Waals surface area contributed by atoms with Gasteiger partial charge in [0.05, 0.1) is 10.7 Å². The van der Waals surface area contributed by atoms with Gasteiger partial charge in [0.1, 0.15) is 0 Å². The molecule has 2 aromatic rings. The van der Waals surface area contributed by atoms with Crippen LogP contribution >= 0.6 is 0 Å². The Morgan fingerprint density at radius 3 is 2.52 bits per heavy atom. The maximum absolute atomic E-state index is 12.7. The number of nitro groups is 1. The first kappa shape index (κ1) is 20.9. The summed E-state index contributed by atoms with van der Waals surface area (Å²) in [5.41, 5.74) is 1.97. The second kappa shape index (κ2) is 8.71. The van der Waals surface area contributed by atoms with Crippen molar-refractivity contribution in [2.45, 2.75) is 25.5 Å². The minimum Gasteiger partial charge on any atom is -0.326 e. The topological polar surface area (TPSA) is 110 Å². The predicted octanol–water partition coefficient (Wildman–Crippen LogP) is 3.08. The van der Waals surface area contributed by atoms with Gasteiger partial charge in [-0.25, -0.2) is 12.7 Å². The number of benzene rings is 2. The molecule has 1 aliphatic rings. The molecule has 2 aromatic carbocycles. The quantitative estimate of drug-likeness (QED) is 0.574. The molecule has 29 heavy (non-hydrogen) atoms. The summed E-state index contributed by atoms with van der Waals surface area (Å²) < 4.78 is 26.9. The second-order valence-electron chi connectivity index (χ2n) is 7.15. The highest BCUT2D eigenvalue weighted by atomic mass is 32.2. The van der Waals surface area contributed by atoms with E-state index in [1.165, 1.54) is 22.5 Å². The monoisotopic (exact) mass is 417 g/mol. The van der Waals surface area contributed by atoms with E-state index in [0.717, 1.165) is 11.1 Å². The average Bonchev–Trinajstić information content (AvgIpc) is 2.70. The number of hydrogen-bond acceptors (Lipinski definition) is 5. The number of non-ortho nitro benzene ring substituents is 1. The minimum atomic E-state index is -3.46. The zero-order valence-corrected chi connectivity index (χ0v) is 16.9. The van der Waals surface area contributed by atoms with Gasteiger partial charge in [-0.1, -0.05) is 30.3 Å². The van der Waals surface area contributed by atoms with Crippen LogP contribution in [0.2, 0.25) is 0 Å². The summed E-state index contributed by atoms with van der Waals surface area (Å²) >= 11 is 0. The number of rotatable bonds is 6. The number of nitrogens with one attached hydrogen (secondary N) is 1. The molecule has 0 saturated carbocycles. The van der Waals surface area contributed by atoms with Crippen molar-refractivity contribution in [3.63, 3.8) is 0 Å². The molecule has 0 unspecified atom stereocenters. The van der Waals surface area contributed by atoms with Gasteiger partial charge in [-0.15, -0.1) is 0 Å². The highest BCUT2D eigenvalue weighted by Gasteiger charge is 2.31. The lowest BCUT2D eigenvalue weighted by molar-refractivity contribution is -0.384. The van der Waals surface area contributed by atoms with Crippen molar-refractivity contribution >= 4 is 27.3 Å². The Balaban J connectivity index is 1.58. The zero-order chi connectivity index (χ0) is 21.0. The Morgan fingerprint density at radius 1 is 1.17 bits per heavy atom. The van der Waals surface area contributed by atoms with Gasteiger partial charge >= 0.3 is 0 Å². The molecule has 8 nitrogen and oxygen atoms in total. The normalized spacial score (nSPS) is 15.8. The van der Waals surface area contributed by atoms with E-state index < -0.39 is 14.9 Å². The molecule has 1 N–H and O–H groups in total. The Hall–Kier alpha value is -2.78. The van der Waals surface area contributed by atoms with Crippen LogP contribution in [-0.2, 0) is 20.6 Å². The first-order chi connectivity index (χ1) is 13.8. The molecular formula is C20H23N3O5S. The molecular weight excluding hydrogens is 394 g/mol. The lowest BCUT2D eigenvalue weighted by atomic mass is 9.97. The highest BCUT2D eigenvalue weighted by Crippen LogP contribution is 2.24. The fourth-order valence-corrected chi connectivity index (χ4v) is 5.06. The van der Waals surface area contributed by atoms with Gasteiger partial charge in [-0.05, 0) is 37.0 Å². The first-order valence-electron chi connectivity index (χ1n) is 9.34. The molecule has 154 valence electrons. The molecule has 1 aliphatic heterocycles. The minimum absolute atomic E-state index is 0.0514. The second-order valence-corrected chi connectivity index (χ2v) is 9.12. The van der Waals surface area contributed by atoms with E-state index in [-0.39, 0.29) is 36.4 Å². The smallest absolute Gasteiger partial charge is 0.271 e. The Labute approximate surface area is 169 Å². The standard InChI is InChI=1S/C20H23N3O5S/c1-15-5-2-3-6-17(15)14-29(27,28)22-11-9-16(10-12-22)20(24)21-18-7-4-8-19(13-18)23(25)26/h2-8,13,16H,9-12,14H2,1H3,(H,21,24). The summed E-state index contributed by atoms with van der Waals surface area (Å²) in [7, 11) is -3.46. The molecule has 0 spiro atoms. The maximum atomic E-state index is 12.7. The first-order valence-corrected chi connectivity index (χ1v) is 10.9. The Kier molecular flexibility index (Phi) is 6.29. The largest absolute Gasteiger partial charge is 0.326 e. The molecule has 0 radical (unpaired) electrons. The Morgan fingerprint density at radius 2 is 1.86 bits per heavy atom. The van der Waals surface area contributed by atoms with Crippen LogP contribution in [0.15, 0.2) is 48.5 Å². The van der Waals surface area contributed by atoms with Gasteiger partial charge in [0.2, 0.25) is 15.9 Å². The third-order valence-electron chi connectivity index (χ3n) is 5.14. The third-order valence-corrected chi connectivity index (χ3v) is 6.97. The van der Waals surface area contributed by atoms with E-state index in [2.05, 4.69) is 5.32 Å². The molecule has 3 rings (SSSR count). The van der Waals surface area contributed by atoms with Crippen LogP contribution in [0.1, 0.15) is 24.0 Å². The van der Waals surface area contributed by atoms with Crippen molar-refractivity contribution in [3.05, 3.63) is 69.8 Å². The fraction of sp³-hybridized carbons (Fsp3) is 0.350. The predicted molar refractivity (Wildman–Crippen MR) is 110 cm³/mol. The summed E-state index contributed by atoms with van der Waals surface area (Å²) in [5, 5.41) is 13.5. The number of carbonyl (C=O) groups is 1. The summed E-state index contributed by atoms with van der Waals surface area (Å²) in [5.74, 6) is -0.634. The van der Waals surface area contributed by atoms with E-state index in [1.54, 1.807) is 6.07 Å². The Bertz CT molecular complexity index is 1010. The van der Waals surface area contributed by atoms with Crippen LogP contribution in [0, 0.1) is 23.0 Å². The van der Waals surface area contributed by atoms with Crippen molar-refractivity contribution in [1.82, 2.24) is 4.31 Å². The van der Waals surface area contributed by atoms with Crippen LogP contribution in [0.3, 0.4) is 0 Å². The van der Waals surface area contributed by atoms with Gasteiger partial charge < -0.3 is 5.32 Å². The van der Waals surface area contributed by atoms with Crippen molar-refractivity contribution in [2.24, 2.45) is 5.92 Å². The van der Waals surface area contributed by atoms with E-state index in [4.69, 9.17) is 0 Å². The molecule has 1 fully saturated rings. The molecule has 1 amide bonds. The van der Waals surface area contributed by atoms with Gasteiger partial charge in [0.25, 0.3) is 5.69 Å². The fourth-order valence-electron chi connectivity index (χ4n) is 3.40. The number of amides is 1. The molecule has 0 aliphatic carbocycles. The van der Waals surface area contributed by atoms with Gasteiger partial charge in [-0.2, -0.15) is 0 Å². The van der Waals surface area contributed by atoms with Crippen molar-refractivity contribution in [1.29, 1.82) is 0 Å². The summed E-state index contributed by atoms with van der Waals surface area (Å²) in [4.78, 5) is 22.8. The van der Waals surface area contributed by atoms with Crippen LogP contribution in [0.4, 0.5) is 11.4 Å². The van der Waals surface area contributed by atoms with Crippen molar-refractivity contribution in [2.75, 3.05) is 18.4 Å². The zero-order valence-electron chi connectivity index (χ0n) is 16.1. The molecule has 9 heteroatoms. The maximum Gasteiger partial charge on any atom is 0.271 e. The number of carbonyl (C=O) groups excluding carboxylic acids is 1. The van der Waals surface area contributed by atoms with Gasteiger partial charge in [0.15, 0.2) is 0 Å². The van der Waals surface area contributed by atoms with Crippen LogP contribution < -0.4 is 5.32 Å². The molecule has 0 atom stereocenters.